The Bertz CT molecular complexity index is 1440. The third-order valence-corrected chi connectivity index (χ3v) is 9.16. The first-order valence-electron chi connectivity index (χ1n) is 16.4. The van der Waals surface area contributed by atoms with Crippen LogP contribution < -0.4 is 15.1 Å². The fourth-order valence-electron chi connectivity index (χ4n) is 6.66. The van der Waals surface area contributed by atoms with Crippen LogP contribution in [0.4, 0.5) is 21.5 Å². The first-order valence-corrected chi connectivity index (χ1v) is 16.4. The van der Waals surface area contributed by atoms with E-state index in [1.165, 1.54) is 30.7 Å². The molecular formula is C36H46FN7O. The number of aliphatic imine (C=N–C) groups is 1. The van der Waals surface area contributed by atoms with Crippen LogP contribution in [0.2, 0.25) is 0 Å². The molecule has 2 saturated heterocycles. The molecule has 1 atom stereocenters. The maximum atomic E-state index is 13.6. The first kappa shape index (κ1) is 31.0. The quantitative estimate of drug-likeness (QED) is 0.338. The van der Waals surface area contributed by atoms with Gasteiger partial charge in [-0.25, -0.2) is 9.38 Å². The number of hydrogen-bond donors (Lipinski definition) is 1. The summed E-state index contributed by atoms with van der Waals surface area (Å²) < 4.78 is 13.4. The number of benzene rings is 3. The number of carbonyl (C=O) groups excluding carboxylic acids is 1. The van der Waals surface area contributed by atoms with Crippen LogP contribution in [0.3, 0.4) is 0 Å². The highest BCUT2D eigenvalue weighted by Gasteiger charge is 2.36. The molecule has 6 rings (SSSR count). The van der Waals surface area contributed by atoms with Gasteiger partial charge in [0.2, 0.25) is 11.9 Å². The summed E-state index contributed by atoms with van der Waals surface area (Å²) >= 11 is 0. The molecule has 3 aromatic rings. The fraction of sp³-hybridized carbons (Fsp3) is 0.444. The Hall–Kier alpha value is -3.95. The molecule has 1 amide bonds. The first-order chi connectivity index (χ1) is 21.9. The Kier molecular flexibility index (Phi) is 9.96. The summed E-state index contributed by atoms with van der Waals surface area (Å²) in [6.07, 6.45) is 3.90. The third kappa shape index (κ3) is 7.65. The Morgan fingerprint density at radius 2 is 1.56 bits per heavy atom. The molecule has 0 bridgehead atoms. The van der Waals surface area contributed by atoms with Gasteiger partial charge in [-0.1, -0.05) is 30.3 Å². The number of rotatable bonds is 10. The molecule has 238 valence electrons. The molecule has 45 heavy (non-hydrogen) atoms. The van der Waals surface area contributed by atoms with Crippen LogP contribution in [0.1, 0.15) is 42.9 Å². The number of halogens is 1. The van der Waals surface area contributed by atoms with Gasteiger partial charge in [0.25, 0.3) is 0 Å². The maximum Gasteiger partial charge on any atom is 0.222 e. The van der Waals surface area contributed by atoms with Crippen molar-refractivity contribution in [3.8, 4) is 0 Å². The lowest BCUT2D eigenvalue weighted by atomic mass is 9.97. The molecule has 9 heteroatoms. The monoisotopic (exact) mass is 611 g/mol. The highest BCUT2D eigenvalue weighted by Crippen LogP contribution is 2.41. The summed E-state index contributed by atoms with van der Waals surface area (Å²) in [6, 6.07) is 23.1. The van der Waals surface area contributed by atoms with E-state index in [2.05, 4.69) is 80.3 Å². The van der Waals surface area contributed by atoms with Crippen molar-refractivity contribution in [1.29, 1.82) is 0 Å². The van der Waals surface area contributed by atoms with Crippen molar-refractivity contribution in [3.05, 3.63) is 89.7 Å². The second-order valence-electron chi connectivity index (χ2n) is 12.7. The summed E-state index contributed by atoms with van der Waals surface area (Å²) in [5.74, 6) is 0.577. The topological polar surface area (TPSA) is 57.7 Å². The normalized spacial score (nSPS) is 18.7. The number of nitrogens with zero attached hydrogens (tertiary/aromatic N) is 6. The minimum atomic E-state index is -0.281. The summed E-state index contributed by atoms with van der Waals surface area (Å²) in [7, 11) is 4.26. The van der Waals surface area contributed by atoms with Crippen LogP contribution in [0.5, 0.6) is 0 Å². The van der Waals surface area contributed by atoms with E-state index in [1.807, 2.05) is 12.1 Å². The number of anilines is 2. The van der Waals surface area contributed by atoms with Gasteiger partial charge in [0.05, 0.1) is 18.2 Å². The average Bonchev–Trinajstić information content (AvgIpc) is 3.60. The van der Waals surface area contributed by atoms with Crippen LogP contribution in [-0.4, -0.2) is 93.0 Å². The van der Waals surface area contributed by atoms with Gasteiger partial charge in [0.1, 0.15) is 5.82 Å². The van der Waals surface area contributed by atoms with E-state index >= 15 is 0 Å². The molecule has 3 aliphatic heterocycles. The highest BCUT2D eigenvalue weighted by molar-refractivity contribution is 6.01. The largest absolute Gasteiger partial charge is 0.372 e. The number of carbonyl (C=O) groups is 1. The van der Waals surface area contributed by atoms with E-state index in [4.69, 9.17) is 4.99 Å². The lowest BCUT2D eigenvalue weighted by Crippen LogP contribution is -2.55. The lowest BCUT2D eigenvalue weighted by molar-refractivity contribution is -0.121. The van der Waals surface area contributed by atoms with Crippen LogP contribution >= 0.6 is 0 Å². The second kappa shape index (κ2) is 14.4. The van der Waals surface area contributed by atoms with Crippen molar-refractivity contribution >= 4 is 28.9 Å². The zero-order valence-corrected chi connectivity index (χ0v) is 26.7. The summed E-state index contributed by atoms with van der Waals surface area (Å²) in [4.78, 5) is 30.7. The second-order valence-corrected chi connectivity index (χ2v) is 12.7. The zero-order valence-electron chi connectivity index (χ0n) is 26.7. The SMILES string of the molecule is CN(C)CCCN1CCN(C2=Nc3ccccc3C(CC(=O)NCc3ccc(F)cc3)N2c2ccc(N3CCCC3)cc2)CC1. The van der Waals surface area contributed by atoms with Crippen molar-refractivity contribution in [2.45, 2.75) is 38.3 Å². The molecule has 3 heterocycles. The molecular weight excluding hydrogens is 565 g/mol. The number of hydrogen-bond acceptors (Lipinski definition) is 7. The third-order valence-electron chi connectivity index (χ3n) is 9.16. The Labute approximate surface area is 267 Å². The molecule has 2 fully saturated rings. The van der Waals surface area contributed by atoms with Gasteiger partial charge in [-0.05, 0) is 94.5 Å². The minimum Gasteiger partial charge on any atom is -0.372 e. The maximum absolute atomic E-state index is 13.6. The molecule has 3 aliphatic rings. The van der Waals surface area contributed by atoms with E-state index in [1.54, 1.807) is 12.1 Å². The lowest BCUT2D eigenvalue weighted by Gasteiger charge is -2.45. The number of fused-ring (bicyclic) bond motifs is 1. The molecule has 1 N–H and O–H groups in total. The predicted octanol–water partition coefficient (Wildman–Crippen LogP) is 5.25. The molecule has 0 saturated carbocycles. The van der Waals surface area contributed by atoms with Crippen molar-refractivity contribution in [3.63, 3.8) is 0 Å². The van der Waals surface area contributed by atoms with Gasteiger partial charge in [0, 0.05) is 62.8 Å². The van der Waals surface area contributed by atoms with E-state index in [-0.39, 0.29) is 24.2 Å². The minimum absolute atomic E-state index is 0.0511. The fourth-order valence-corrected chi connectivity index (χ4v) is 6.66. The van der Waals surface area contributed by atoms with Gasteiger partial charge >= 0.3 is 0 Å². The van der Waals surface area contributed by atoms with Gasteiger partial charge in [0.15, 0.2) is 0 Å². The summed E-state index contributed by atoms with van der Waals surface area (Å²) in [5.41, 5.74) is 5.11. The highest BCUT2D eigenvalue weighted by atomic mass is 19.1. The molecule has 0 aliphatic carbocycles. The van der Waals surface area contributed by atoms with E-state index in [0.29, 0.717) is 6.54 Å². The molecule has 0 aromatic heterocycles. The van der Waals surface area contributed by atoms with Crippen LogP contribution in [0.25, 0.3) is 0 Å². The molecule has 0 spiro atoms. The molecule has 0 radical (unpaired) electrons. The Balaban J connectivity index is 1.26. The van der Waals surface area contributed by atoms with Crippen LogP contribution in [-0.2, 0) is 11.3 Å². The number of amides is 1. The molecule has 1 unspecified atom stereocenters. The average molecular weight is 612 g/mol. The van der Waals surface area contributed by atoms with E-state index in [9.17, 15) is 9.18 Å². The van der Waals surface area contributed by atoms with E-state index < -0.39 is 0 Å². The summed E-state index contributed by atoms with van der Waals surface area (Å²) in [6.45, 7) is 8.48. The number of guanidine groups is 1. The van der Waals surface area contributed by atoms with Crippen LogP contribution in [0.15, 0.2) is 77.8 Å². The molecule has 3 aromatic carbocycles. The van der Waals surface area contributed by atoms with Crippen molar-refractivity contribution in [2.24, 2.45) is 4.99 Å². The molecule has 8 nitrogen and oxygen atoms in total. The van der Waals surface area contributed by atoms with Crippen molar-refractivity contribution in [1.82, 2.24) is 20.0 Å². The Morgan fingerprint density at radius 3 is 2.27 bits per heavy atom. The number of para-hydroxylation sites is 1. The van der Waals surface area contributed by atoms with Gasteiger partial charge in [-0.3, -0.25) is 9.69 Å². The number of piperazine rings is 1. The smallest absolute Gasteiger partial charge is 0.222 e. The standard InChI is InChI=1S/C36H46FN7O/c1-40(2)18-7-19-41-22-24-43(25-23-41)36-39-33-9-4-3-8-32(33)34(26-35(45)38-27-28-10-12-29(37)13-11-28)44(36)31-16-14-30(15-17-31)42-20-5-6-21-42/h3-4,8-17,34H,5-7,18-27H2,1-2H3,(H,38,45). The van der Waals surface area contributed by atoms with Crippen LogP contribution in [0, 0.1) is 5.82 Å². The predicted molar refractivity (Wildman–Crippen MR) is 181 cm³/mol. The van der Waals surface area contributed by atoms with Gasteiger partial charge in [-0.2, -0.15) is 0 Å². The Morgan fingerprint density at radius 1 is 0.867 bits per heavy atom. The van der Waals surface area contributed by atoms with Crippen molar-refractivity contribution < 1.29 is 9.18 Å². The summed E-state index contributed by atoms with van der Waals surface area (Å²) in [5, 5.41) is 3.08. The van der Waals surface area contributed by atoms with Crippen molar-refractivity contribution in [2.75, 3.05) is 76.3 Å². The van der Waals surface area contributed by atoms with Gasteiger partial charge in [-0.15, -0.1) is 0 Å². The van der Waals surface area contributed by atoms with E-state index in [0.717, 1.165) is 87.2 Å². The zero-order chi connectivity index (χ0) is 31.2. The number of nitrogens with one attached hydrogen (secondary N) is 1. The van der Waals surface area contributed by atoms with Gasteiger partial charge < -0.3 is 24.9 Å².